The van der Waals surface area contributed by atoms with Crippen LogP contribution in [-0.2, 0) is 4.74 Å². The van der Waals surface area contributed by atoms with Crippen molar-refractivity contribution in [3.8, 4) is 5.75 Å². The molecule has 1 heterocycles. The first-order valence-corrected chi connectivity index (χ1v) is 5.30. The first kappa shape index (κ1) is 12.3. The summed E-state index contributed by atoms with van der Waals surface area (Å²) in [6.07, 6.45) is 0. The number of halogens is 1. The van der Waals surface area contributed by atoms with Crippen LogP contribution in [0.4, 0.5) is 4.39 Å². The van der Waals surface area contributed by atoms with Crippen molar-refractivity contribution in [3.63, 3.8) is 0 Å². The van der Waals surface area contributed by atoms with E-state index in [-0.39, 0.29) is 11.5 Å². The van der Waals surface area contributed by atoms with Crippen molar-refractivity contribution < 1.29 is 18.7 Å². The minimum absolute atomic E-state index is 0.0931. The van der Waals surface area contributed by atoms with Gasteiger partial charge in [-0.25, -0.2) is 14.2 Å². The number of carbonyl (C=O) groups is 1. The summed E-state index contributed by atoms with van der Waals surface area (Å²) in [4.78, 5) is 15.6. The van der Waals surface area contributed by atoms with E-state index in [1.54, 1.807) is 13.0 Å². The molecule has 0 aliphatic carbocycles. The van der Waals surface area contributed by atoms with Crippen LogP contribution in [0.25, 0.3) is 10.9 Å². The topological polar surface area (TPSA) is 48.4 Å². The number of pyridine rings is 1. The number of hydrogen-bond donors (Lipinski definition) is 0. The lowest BCUT2D eigenvalue weighted by atomic mass is 10.1. The largest absolute Gasteiger partial charge is 0.496 e. The molecule has 1 aromatic heterocycles. The lowest BCUT2D eigenvalue weighted by Crippen LogP contribution is -2.06. The molecule has 0 saturated heterocycles. The van der Waals surface area contributed by atoms with Crippen LogP contribution < -0.4 is 4.74 Å². The molecule has 0 aliphatic heterocycles. The van der Waals surface area contributed by atoms with E-state index in [0.29, 0.717) is 22.2 Å². The quantitative estimate of drug-likeness (QED) is 0.767. The lowest BCUT2D eigenvalue weighted by Gasteiger charge is -2.09. The standard InChI is InChI=1S/C13H12FNO3/c1-7-9(14)5-4-8-11(17-2)6-10(13(16)18-3)15-12(7)8/h4-6H,1-3H3. The van der Waals surface area contributed by atoms with Crippen LogP contribution in [-0.4, -0.2) is 25.2 Å². The second-order valence-corrected chi connectivity index (χ2v) is 3.77. The van der Waals surface area contributed by atoms with Crippen LogP contribution in [0.15, 0.2) is 18.2 Å². The molecule has 5 heteroatoms. The van der Waals surface area contributed by atoms with Gasteiger partial charge in [0.2, 0.25) is 0 Å². The van der Waals surface area contributed by atoms with Crippen molar-refractivity contribution >= 4 is 16.9 Å². The lowest BCUT2D eigenvalue weighted by molar-refractivity contribution is 0.0594. The number of hydrogen-bond acceptors (Lipinski definition) is 4. The number of aromatic nitrogens is 1. The fraction of sp³-hybridized carbons (Fsp3) is 0.231. The SMILES string of the molecule is COC(=O)c1cc(OC)c2ccc(F)c(C)c2n1. The number of carbonyl (C=O) groups excluding carboxylic acids is 1. The Morgan fingerprint density at radius 2 is 2.06 bits per heavy atom. The predicted octanol–water partition coefficient (Wildman–Crippen LogP) is 2.48. The number of ether oxygens (including phenoxy) is 2. The Bertz CT molecular complexity index is 625. The predicted molar refractivity (Wildman–Crippen MR) is 64.3 cm³/mol. The first-order chi connectivity index (χ1) is 8.58. The number of aryl methyl sites for hydroxylation is 1. The molecule has 0 fully saturated rings. The van der Waals surface area contributed by atoms with Crippen LogP contribution in [0, 0.1) is 12.7 Å². The van der Waals surface area contributed by atoms with Gasteiger partial charge in [-0.15, -0.1) is 0 Å². The molecule has 18 heavy (non-hydrogen) atoms. The highest BCUT2D eigenvalue weighted by Crippen LogP contribution is 2.28. The number of rotatable bonds is 2. The summed E-state index contributed by atoms with van der Waals surface area (Å²) < 4.78 is 23.3. The molecule has 2 aromatic rings. The molecule has 0 atom stereocenters. The summed E-state index contributed by atoms with van der Waals surface area (Å²) in [5.41, 5.74) is 0.863. The van der Waals surface area contributed by atoms with Crippen LogP contribution in [0.2, 0.25) is 0 Å². The van der Waals surface area contributed by atoms with Gasteiger partial charge < -0.3 is 9.47 Å². The molecule has 0 N–H and O–H groups in total. The molecular formula is C13H12FNO3. The second kappa shape index (κ2) is 4.60. The van der Waals surface area contributed by atoms with Gasteiger partial charge in [0.15, 0.2) is 5.69 Å². The smallest absolute Gasteiger partial charge is 0.356 e. The summed E-state index contributed by atoms with van der Waals surface area (Å²) >= 11 is 0. The maximum absolute atomic E-state index is 13.5. The number of nitrogens with zero attached hydrogens (tertiary/aromatic N) is 1. The van der Waals surface area contributed by atoms with Gasteiger partial charge in [-0.05, 0) is 19.1 Å². The Kier molecular flexibility index (Phi) is 3.14. The van der Waals surface area contributed by atoms with Crippen molar-refractivity contribution in [2.24, 2.45) is 0 Å². The Morgan fingerprint density at radius 1 is 1.33 bits per heavy atom. The summed E-state index contributed by atoms with van der Waals surface area (Å²) in [6, 6.07) is 4.40. The van der Waals surface area contributed by atoms with Gasteiger partial charge in [0.05, 0.1) is 19.7 Å². The molecule has 0 aliphatic rings. The Morgan fingerprint density at radius 3 is 2.67 bits per heavy atom. The Hall–Kier alpha value is -2.17. The van der Waals surface area contributed by atoms with Gasteiger partial charge in [0.25, 0.3) is 0 Å². The zero-order chi connectivity index (χ0) is 13.3. The molecule has 4 nitrogen and oxygen atoms in total. The monoisotopic (exact) mass is 249 g/mol. The minimum atomic E-state index is -0.584. The van der Waals surface area contributed by atoms with Crippen molar-refractivity contribution in [3.05, 3.63) is 35.3 Å². The minimum Gasteiger partial charge on any atom is -0.496 e. The van der Waals surface area contributed by atoms with Gasteiger partial charge in [0, 0.05) is 17.0 Å². The van der Waals surface area contributed by atoms with Crippen LogP contribution in [0.1, 0.15) is 16.1 Å². The third-order valence-electron chi connectivity index (χ3n) is 2.74. The van der Waals surface area contributed by atoms with E-state index >= 15 is 0 Å². The van der Waals surface area contributed by atoms with E-state index in [2.05, 4.69) is 9.72 Å². The number of fused-ring (bicyclic) bond motifs is 1. The van der Waals surface area contributed by atoms with Gasteiger partial charge >= 0.3 is 5.97 Å². The fourth-order valence-electron chi connectivity index (χ4n) is 1.75. The molecule has 0 unspecified atom stereocenters. The van der Waals surface area contributed by atoms with Crippen LogP contribution >= 0.6 is 0 Å². The number of methoxy groups -OCH3 is 2. The van der Waals surface area contributed by atoms with Gasteiger partial charge in [-0.1, -0.05) is 0 Å². The number of esters is 1. The highest BCUT2D eigenvalue weighted by Gasteiger charge is 2.15. The highest BCUT2D eigenvalue weighted by atomic mass is 19.1. The van der Waals surface area contributed by atoms with E-state index in [4.69, 9.17) is 4.74 Å². The zero-order valence-electron chi connectivity index (χ0n) is 10.3. The number of benzene rings is 1. The molecule has 0 spiro atoms. The Balaban J connectivity index is 2.80. The average Bonchev–Trinajstić information content (AvgIpc) is 2.41. The van der Waals surface area contributed by atoms with Crippen molar-refractivity contribution in [2.75, 3.05) is 14.2 Å². The molecule has 0 bridgehead atoms. The Labute approximate surface area is 103 Å². The molecule has 0 radical (unpaired) electrons. The van der Waals surface area contributed by atoms with Crippen LogP contribution in [0.3, 0.4) is 0 Å². The average molecular weight is 249 g/mol. The maximum atomic E-state index is 13.5. The highest BCUT2D eigenvalue weighted by molar-refractivity contribution is 5.95. The summed E-state index contributed by atoms with van der Waals surface area (Å²) in [5.74, 6) is -0.499. The third kappa shape index (κ3) is 1.88. The molecular weight excluding hydrogens is 237 g/mol. The first-order valence-electron chi connectivity index (χ1n) is 5.30. The second-order valence-electron chi connectivity index (χ2n) is 3.77. The van der Waals surface area contributed by atoms with Crippen molar-refractivity contribution in [1.29, 1.82) is 0 Å². The normalized spacial score (nSPS) is 10.4. The van der Waals surface area contributed by atoms with Crippen molar-refractivity contribution in [1.82, 2.24) is 4.98 Å². The van der Waals surface area contributed by atoms with E-state index in [0.717, 1.165) is 0 Å². The van der Waals surface area contributed by atoms with E-state index in [1.165, 1.54) is 26.4 Å². The van der Waals surface area contributed by atoms with Gasteiger partial charge in [0.1, 0.15) is 11.6 Å². The summed E-state index contributed by atoms with van der Waals surface area (Å²) in [5, 5.41) is 0.657. The molecule has 1 aromatic carbocycles. The van der Waals surface area contributed by atoms with Gasteiger partial charge in [-0.3, -0.25) is 0 Å². The zero-order valence-corrected chi connectivity index (χ0v) is 10.3. The van der Waals surface area contributed by atoms with Crippen molar-refractivity contribution in [2.45, 2.75) is 6.92 Å². The van der Waals surface area contributed by atoms with Crippen LogP contribution in [0.5, 0.6) is 5.75 Å². The van der Waals surface area contributed by atoms with E-state index < -0.39 is 5.97 Å². The summed E-state index contributed by atoms with van der Waals surface area (Å²) in [7, 11) is 2.74. The third-order valence-corrected chi connectivity index (χ3v) is 2.74. The fourth-order valence-corrected chi connectivity index (χ4v) is 1.75. The maximum Gasteiger partial charge on any atom is 0.356 e. The molecule has 2 rings (SSSR count). The van der Waals surface area contributed by atoms with E-state index in [9.17, 15) is 9.18 Å². The summed E-state index contributed by atoms with van der Waals surface area (Å²) in [6.45, 7) is 1.60. The molecule has 94 valence electrons. The molecule has 0 amide bonds. The van der Waals surface area contributed by atoms with E-state index in [1.807, 2.05) is 0 Å². The van der Waals surface area contributed by atoms with Gasteiger partial charge in [-0.2, -0.15) is 0 Å². The molecule has 0 saturated carbocycles.